The Hall–Kier alpha value is -2.73. The fraction of sp³-hybridized carbons (Fsp3) is 0.111. The molecular formula is C18H13NO4S. The minimum atomic E-state index is -0.379. The lowest BCUT2D eigenvalue weighted by molar-refractivity contribution is 0.406. The van der Waals surface area contributed by atoms with Crippen LogP contribution in [0.25, 0.3) is 22.1 Å². The molecule has 0 saturated carbocycles. The highest BCUT2D eigenvalue weighted by Crippen LogP contribution is 2.28. The van der Waals surface area contributed by atoms with Crippen LogP contribution in [-0.4, -0.2) is 12.1 Å². The van der Waals surface area contributed by atoms with E-state index in [1.807, 2.05) is 42.5 Å². The van der Waals surface area contributed by atoms with Crippen LogP contribution in [0.15, 0.2) is 67.4 Å². The smallest absolute Gasteiger partial charge is 0.340 e. The molecule has 0 aliphatic rings. The Kier molecular flexibility index (Phi) is 3.74. The van der Waals surface area contributed by atoms with Crippen molar-refractivity contribution in [3.8, 4) is 5.75 Å². The highest BCUT2D eigenvalue weighted by atomic mass is 32.2. The molecule has 120 valence electrons. The molecule has 6 heteroatoms. The van der Waals surface area contributed by atoms with Crippen LogP contribution in [0.1, 0.15) is 5.56 Å². The lowest BCUT2D eigenvalue weighted by Crippen LogP contribution is -2.06. The van der Waals surface area contributed by atoms with Crippen LogP contribution in [0.3, 0.4) is 0 Å². The predicted molar refractivity (Wildman–Crippen MR) is 92.6 cm³/mol. The monoisotopic (exact) mass is 339 g/mol. The van der Waals surface area contributed by atoms with Gasteiger partial charge in [0.15, 0.2) is 16.9 Å². The number of fused-ring (bicyclic) bond motifs is 2. The molecule has 0 spiro atoms. The molecule has 0 saturated heterocycles. The number of para-hydroxylation sites is 3. The standard InChI is InChI=1S/C18H13NO4S/c1-21-15-8-4-5-11-9-12(17(20)23-16(11)15)10-24-18-19-13-6-2-3-7-14(13)22-18/h2-9H,10H2,1H3. The molecular weight excluding hydrogens is 326 g/mol. The first kappa shape index (κ1) is 14.8. The summed E-state index contributed by atoms with van der Waals surface area (Å²) in [4.78, 5) is 16.6. The van der Waals surface area contributed by atoms with Crippen molar-refractivity contribution in [3.05, 3.63) is 64.5 Å². The fourth-order valence-electron chi connectivity index (χ4n) is 2.47. The number of rotatable bonds is 4. The largest absolute Gasteiger partial charge is 0.493 e. The van der Waals surface area contributed by atoms with E-state index in [0.717, 1.165) is 16.5 Å². The SMILES string of the molecule is COc1cccc2cc(CSc3nc4ccccc4o3)c(=O)oc12. The number of benzene rings is 2. The maximum atomic E-state index is 12.2. The van der Waals surface area contributed by atoms with Crippen molar-refractivity contribution in [1.29, 1.82) is 0 Å². The Morgan fingerprint density at radius 1 is 1.12 bits per heavy atom. The number of ether oxygens (including phenoxy) is 1. The molecule has 4 aromatic rings. The summed E-state index contributed by atoms with van der Waals surface area (Å²) in [6, 6.07) is 14.9. The minimum Gasteiger partial charge on any atom is -0.493 e. The Bertz CT molecular complexity index is 1050. The normalized spacial score (nSPS) is 11.2. The molecule has 0 aliphatic heterocycles. The van der Waals surface area contributed by atoms with Crippen molar-refractivity contribution in [2.45, 2.75) is 11.0 Å². The van der Waals surface area contributed by atoms with E-state index in [0.29, 0.717) is 27.9 Å². The van der Waals surface area contributed by atoms with E-state index in [1.165, 1.54) is 11.8 Å². The number of oxazole rings is 1. The Morgan fingerprint density at radius 3 is 2.83 bits per heavy atom. The van der Waals surface area contributed by atoms with Gasteiger partial charge >= 0.3 is 5.63 Å². The molecule has 0 atom stereocenters. The molecule has 24 heavy (non-hydrogen) atoms. The van der Waals surface area contributed by atoms with Gasteiger partial charge in [0.1, 0.15) is 5.52 Å². The van der Waals surface area contributed by atoms with Gasteiger partial charge in [0, 0.05) is 16.7 Å². The van der Waals surface area contributed by atoms with Gasteiger partial charge in [-0.05, 0) is 24.3 Å². The highest BCUT2D eigenvalue weighted by Gasteiger charge is 2.12. The quantitative estimate of drug-likeness (QED) is 0.409. The van der Waals surface area contributed by atoms with E-state index < -0.39 is 0 Å². The third-order valence-corrected chi connectivity index (χ3v) is 4.52. The molecule has 2 aromatic heterocycles. The number of thioether (sulfide) groups is 1. The van der Waals surface area contributed by atoms with Gasteiger partial charge in [-0.25, -0.2) is 9.78 Å². The second-order valence-electron chi connectivity index (χ2n) is 5.17. The summed E-state index contributed by atoms with van der Waals surface area (Å²) in [6.45, 7) is 0. The maximum absolute atomic E-state index is 12.2. The molecule has 4 rings (SSSR count). The molecule has 0 N–H and O–H groups in total. The first-order valence-electron chi connectivity index (χ1n) is 7.33. The van der Waals surface area contributed by atoms with E-state index in [-0.39, 0.29) is 5.63 Å². The molecule has 2 aromatic carbocycles. The Balaban J connectivity index is 1.64. The average molecular weight is 339 g/mol. The zero-order valence-corrected chi connectivity index (χ0v) is 13.6. The molecule has 0 amide bonds. The first-order chi connectivity index (χ1) is 11.7. The van der Waals surface area contributed by atoms with Crippen molar-refractivity contribution in [1.82, 2.24) is 4.98 Å². The predicted octanol–water partition coefficient (Wildman–Crippen LogP) is 4.24. The molecule has 0 radical (unpaired) electrons. The summed E-state index contributed by atoms with van der Waals surface area (Å²) in [5.74, 6) is 0.963. The van der Waals surface area contributed by atoms with E-state index in [1.54, 1.807) is 13.2 Å². The van der Waals surface area contributed by atoms with Gasteiger partial charge in [-0.3, -0.25) is 0 Å². The molecule has 0 unspecified atom stereocenters. The average Bonchev–Trinajstić information content (AvgIpc) is 3.02. The van der Waals surface area contributed by atoms with E-state index in [4.69, 9.17) is 13.6 Å². The van der Waals surface area contributed by atoms with E-state index in [9.17, 15) is 4.79 Å². The Labute approximate surface area is 141 Å². The van der Waals surface area contributed by atoms with Crippen LogP contribution in [0.2, 0.25) is 0 Å². The summed E-state index contributed by atoms with van der Waals surface area (Å²) >= 11 is 1.36. The Morgan fingerprint density at radius 2 is 2.00 bits per heavy atom. The summed E-state index contributed by atoms with van der Waals surface area (Å²) in [6.07, 6.45) is 0. The summed E-state index contributed by atoms with van der Waals surface area (Å²) < 4.78 is 16.3. The van der Waals surface area contributed by atoms with Gasteiger partial charge in [-0.2, -0.15) is 0 Å². The molecule has 0 bridgehead atoms. The van der Waals surface area contributed by atoms with Gasteiger partial charge in [0.25, 0.3) is 5.22 Å². The summed E-state index contributed by atoms with van der Waals surface area (Å²) in [7, 11) is 1.55. The van der Waals surface area contributed by atoms with Gasteiger partial charge in [-0.1, -0.05) is 36.0 Å². The van der Waals surface area contributed by atoms with Crippen molar-refractivity contribution in [3.63, 3.8) is 0 Å². The minimum absolute atomic E-state index is 0.379. The zero-order valence-electron chi connectivity index (χ0n) is 12.8. The van der Waals surface area contributed by atoms with Crippen molar-refractivity contribution < 1.29 is 13.6 Å². The maximum Gasteiger partial charge on any atom is 0.340 e. The van der Waals surface area contributed by atoms with Crippen LogP contribution in [-0.2, 0) is 5.75 Å². The number of aromatic nitrogens is 1. The van der Waals surface area contributed by atoms with Crippen LogP contribution in [0.4, 0.5) is 0 Å². The lowest BCUT2D eigenvalue weighted by atomic mass is 10.2. The zero-order chi connectivity index (χ0) is 16.5. The van der Waals surface area contributed by atoms with Crippen LogP contribution >= 0.6 is 11.8 Å². The topological polar surface area (TPSA) is 65.5 Å². The fourth-order valence-corrected chi connectivity index (χ4v) is 3.27. The summed E-state index contributed by atoms with van der Waals surface area (Å²) in [5.41, 5.74) is 2.17. The lowest BCUT2D eigenvalue weighted by Gasteiger charge is -2.05. The number of nitrogens with zero attached hydrogens (tertiary/aromatic N) is 1. The molecule has 0 fully saturated rings. The number of hydrogen-bond acceptors (Lipinski definition) is 6. The third-order valence-electron chi connectivity index (χ3n) is 3.64. The van der Waals surface area contributed by atoms with Crippen LogP contribution < -0.4 is 10.4 Å². The highest BCUT2D eigenvalue weighted by molar-refractivity contribution is 7.98. The van der Waals surface area contributed by atoms with Gasteiger partial charge < -0.3 is 13.6 Å². The second kappa shape index (κ2) is 6.05. The molecule has 0 aliphatic carbocycles. The van der Waals surface area contributed by atoms with Crippen molar-refractivity contribution >= 4 is 33.8 Å². The van der Waals surface area contributed by atoms with E-state index >= 15 is 0 Å². The van der Waals surface area contributed by atoms with Crippen LogP contribution in [0, 0.1) is 0 Å². The number of hydrogen-bond donors (Lipinski definition) is 0. The second-order valence-corrected chi connectivity index (χ2v) is 6.10. The summed E-state index contributed by atoms with van der Waals surface area (Å²) in [5, 5.41) is 1.35. The van der Waals surface area contributed by atoms with Crippen LogP contribution in [0.5, 0.6) is 5.75 Å². The van der Waals surface area contributed by atoms with Gasteiger partial charge in [0.05, 0.1) is 7.11 Å². The van der Waals surface area contributed by atoms with Crippen molar-refractivity contribution in [2.24, 2.45) is 0 Å². The first-order valence-corrected chi connectivity index (χ1v) is 8.31. The van der Waals surface area contributed by atoms with Crippen molar-refractivity contribution in [2.75, 3.05) is 7.11 Å². The number of methoxy groups -OCH3 is 1. The van der Waals surface area contributed by atoms with Gasteiger partial charge in [-0.15, -0.1) is 0 Å². The molecule has 5 nitrogen and oxygen atoms in total. The van der Waals surface area contributed by atoms with Gasteiger partial charge in [0.2, 0.25) is 0 Å². The molecule has 2 heterocycles. The van der Waals surface area contributed by atoms with E-state index in [2.05, 4.69) is 4.98 Å². The third kappa shape index (κ3) is 2.65.